The van der Waals surface area contributed by atoms with E-state index in [1.165, 1.54) is 0 Å². The summed E-state index contributed by atoms with van der Waals surface area (Å²) in [7, 11) is -3.94. The Morgan fingerprint density at radius 2 is 1.55 bits per heavy atom. The van der Waals surface area contributed by atoms with Gasteiger partial charge >= 0.3 is 12.1 Å². The molecule has 33 heavy (non-hydrogen) atoms. The number of benzene rings is 1. The number of carbonyl (C=O) groups excluding carboxylic acids is 2. The predicted octanol–water partition coefficient (Wildman–Crippen LogP) is 1.86. The standard InChI is InChI=1S/C22H35N3O7S/c1-15(2)12-18(20(26)24-19(21(27)28)13-16(3)4)25-33(30,31)11-10-23-22(29)32-14-17-8-6-5-7-9-17/h5-9,15-16,18-19,25H,10-14H2,1-4H3,(H,23,29)(H,24,26)(H,27,28)/t18-,19-/m0/s1. The van der Waals surface area contributed by atoms with Crippen molar-refractivity contribution in [3.05, 3.63) is 35.9 Å². The molecule has 0 bridgehead atoms. The molecule has 4 N–H and O–H groups in total. The second kappa shape index (κ2) is 13.8. The summed E-state index contributed by atoms with van der Waals surface area (Å²) in [5.41, 5.74) is 0.793. The normalized spacial score (nSPS) is 13.4. The van der Waals surface area contributed by atoms with Crippen LogP contribution in [0, 0.1) is 11.8 Å². The van der Waals surface area contributed by atoms with Gasteiger partial charge in [-0.1, -0.05) is 58.0 Å². The van der Waals surface area contributed by atoms with Crippen molar-refractivity contribution >= 4 is 28.0 Å². The van der Waals surface area contributed by atoms with Gasteiger partial charge in [0.1, 0.15) is 18.7 Å². The van der Waals surface area contributed by atoms with Crippen LogP contribution in [0.3, 0.4) is 0 Å². The van der Waals surface area contributed by atoms with Crippen LogP contribution in [0.25, 0.3) is 0 Å². The number of carbonyl (C=O) groups is 3. The highest BCUT2D eigenvalue weighted by Gasteiger charge is 2.29. The maximum Gasteiger partial charge on any atom is 0.407 e. The number of sulfonamides is 1. The van der Waals surface area contributed by atoms with E-state index in [1.54, 1.807) is 24.3 Å². The Balaban J connectivity index is 2.62. The number of aliphatic carboxylic acids is 1. The van der Waals surface area contributed by atoms with Crippen molar-refractivity contribution in [2.24, 2.45) is 11.8 Å². The molecule has 0 aliphatic carbocycles. The largest absolute Gasteiger partial charge is 0.480 e. The zero-order chi connectivity index (χ0) is 25.0. The van der Waals surface area contributed by atoms with Gasteiger partial charge in [0, 0.05) is 6.54 Å². The number of hydrogen-bond acceptors (Lipinski definition) is 6. The van der Waals surface area contributed by atoms with Gasteiger partial charge in [-0.15, -0.1) is 0 Å². The van der Waals surface area contributed by atoms with Crippen LogP contribution < -0.4 is 15.4 Å². The zero-order valence-corrected chi connectivity index (χ0v) is 20.4. The van der Waals surface area contributed by atoms with E-state index in [1.807, 2.05) is 33.8 Å². The number of amides is 2. The molecular formula is C22H35N3O7S. The summed E-state index contributed by atoms with van der Waals surface area (Å²) in [5.74, 6) is -2.34. The summed E-state index contributed by atoms with van der Waals surface area (Å²) in [6, 6.07) is 6.78. The van der Waals surface area contributed by atoms with E-state index in [4.69, 9.17) is 4.74 Å². The molecule has 0 radical (unpaired) electrons. The highest BCUT2D eigenvalue weighted by atomic mass is 32.2. The number of carboxylic acids is 1. The van der Waals surface area contributed by atoms with Crippen LogP contribution in [0.5, 0.6) is 0 Å². The van der Waals surface area contributed by atoms with Crippen LogP contribution in [0.2, 0.25) is 0 Å². The van der Waals surface area contributed by atoms with Crippen molar-refractivity contribution in [1.82, 2.24) is 15.4 Å². The third-order valence-corrected chi connectivity index (χ3v) is 5.91. The Labute approximate surface area is 195 Å². The molecule has 1 aromatic rings. The molecule has 1 rings (SSSR count). The quantitative estimate of drug-likeness (QED) is 0.314. The molecule has 0 aromatic heterocycles. The summed E-state index contributed by atoms with van der Waals surface area (Å²) in [6.45, 7) is 7.13. The van der Waals surface area contributed by atoms with Gasteiger partial charge in [0.2, 0.25) is 15.9 Å². The van der Waals surface area contributed by atoms with Gasteiger partial charge in [-0.05, 0) is 30.2 Å². The average Bonchev–Trinajstić information content (AvgIpc) is 2.71. The predicted molar refractivity (Wildman–Crippen MR) is 124 cm³/mol. The summed E-state index contributed by atoms with van der Waals surface area (Å²) in [6.07, 6.45) is -0.355. The van der Waals surface area contributed by atoms with Gasteiger partial charge in [0.05, 0.1) is 5.75 Å². The Hall–Kier alpha value is -2.66. The van der Waals surface area contributed by atoms with E-state index < -0.39 is 45.8 Å². The van der Waals surface area contributed by atoms with E-state index in [-0.39, 0.29) is 37.8 Å². The van der Waals surface area contributed by atoms with Gasteiger partial charge in [0.25, 0.3) is 0 Å². The number of ether oxygens (including phenoxy) is 1. The smallest absolute Gasteiger partial charge is 0.407 e. The van der Waals surface area contributed by atoms with Crippen LogP contribution in [0.15, 0.2) is 30.3 Å². The fourth-order valence-electron chi connectivity index (χ4n) is 2.98. The van der Waals surface area contributed by atoms with Gasteiger partial charge in [-0.25, -0.2) is 22.7 Å². The molecule has 0 aliphatic heterocycles. The van der Waals surface area contributed by atoms with E-state index in [2.05, 4.69) is 15.4 Å². The molecule has 186 valence electrons. The van der Waals surface area contributed by atoms with E-state index in [0.29, 0.717) is 0 Å². The lowest BCUT2D eigenvalue weighted by Gasteiger charge is -2.23. The SMILES string of the molecule is CC(C)C[C@H](NC(=O)[C@H](CC(C)C)NS(=O)(=O)CCNC(=O)OCc1ccccc1)C(=O)O. The number of alkyl carbamates (subject to hydrolysis) is 1. The van der Waals surface area contributed by atoms with E-state index in [0.717, 1.165) is 5.56 Å². The van der Waals surface area contributed by atoms with E-state index >= 15 is 0 Å². The lowest BCUT2D eigenvalue weighted by atomic mass is 10.0. The van der Waals surface area contributed by atoms with Crippen molar-refractivity contribution in [1.29, 1.82) is 0 Å². The highest BCUT2D eigenvalue weighted by molar-refractivity contribution is 7.89. The molecule has 0 aliphatic rings. The fourth-order valence-corrected chi connectivity index (χ4v) is 4.11. The Morgan fingerprint density at radius 3 is 2.09 bits per heavy atom. The molecule has 11 heteroatoms. The minimum absolute atomic E-state index is 0.0251. The first-order valence-corrected chi connectivity index (χ1v) is 12.5. The molecular weight excluding hydrogens is 450 g/mol. The Bertz CT molecular complexity index is 873. The molecule has 1 aromatic carbocycles. The van der Waals surface area contributed by atoms with Crippen LogP contribution in [0.1, 0.15) is 46.1 Å². The average molecular weight is 486 g/mol. The Kier molecular flexibility index (Phi) is 11.9. The molecule has 0 spiro atoms. The first-order chi connectivity index (χ1) is 15.4. The topological polar surface area (TPSA) is 151 Å². The molecule has 2 amide bonds. The summed E-state index contributed by atoms with van der Waals surface area (Å²) in [4.78, 5) is 35.9. The molecule has 0 heterocycles. The van der Waals surface area contributed by atoms with Crippen LogP contribution in [-0.2, 0) is 31.0 Å². The lowest BCUT2D eigenvalue weighted by Crippen LogP contribution is -2.53. The minimum Gasteiger partial charge on any atom is -0.480 e. The van der Waals surface area contributed by atoms with Gasteiger partial charge in [0.15, 0.2) is 0 Å². The molecule has 10 nitrogen and oxygen atoms in total. The monoisotopic (exact) mass is 485 g/mol. The van der Waals surface area contributed by atoms with Crippen molar-refractivity contribution in [3.63, 3.8) is 0 Å². The zero-order valence-electron chi connectivity index (χ0n) is 19.5. The Morgan fingerprint density at radius 1 is 0.970 bits per heavy atom. The second-order valence-electron chi connectivity index (χ2n) is 8.64. The molecule has 2 atom stereocenters. The first-order valence-electron chi connectivity index (χ1n) is 10.9. The number of nitrogens with one attached hydrogen (secondary N) is 3. The van der Waals surface area contributed by atoms with Crippen LogP contribution in [-0.4, -0.2) is 55.9 Å². The third-order valence-electron chi connectivity index (χ3n) is 4.52. The summed E-state index contributed by atoms with van der Waals surface area (Å²) >= 11 is 0. The highest BCUT2D eigenvalue weighted by Crippen LogP contribution is 2.10. The molecule has 0 saturated carbocycles. The number of carboxylic acid groups (broad SMARTS) is 1. The molecule has 0 unspecified atom stereocenters. The van der Waals surface area contributed by atoms with Crippen molar-refractivity contribution < 1.29 is 32.6 Å². The maximum absolute atomic E-state index is 12.7. The molecule has 0 fully saturated rings. The molecule has 0 saturated heterocycles. The van der Waals surface area contributed by atoms with Crippen molar-refractivity contribution in [2.75, 3.05) is 12.3 Å². The summed E-state index contributed by atoms with van der Waals surface area (Å²) < 4.78 is 32.3. The fraction of sp³-hybridized carbons (Fsp3) is 0.591. The van der Waals surface area contributed by atoms with E-state index in [9.17, 15) is 27.9 Å². The number of rotatable bonds is 14. The van der Waals surface area contributed by atoms with Crippen LogP contribution >= 0.6 is 0 Å². The van der Waals surface area contributed by atoms with Crippen LogP contribution in [0.4, 0.5) is 4.79 Å². The third kappa shape index (κ3) is 12.2. The number of hydrogen-bond donors (Lipinski definition) is 4. The van der Waals surface area contributed by atoms with Gasteiger partial charge < -0.3 is 20.5 Å². The second-order valence-corrected chi connectivity index (χ2v) is 10.5. The van der Waals surface area contributed by atoms with Crippen molar-refractivity contribution in [2.45, 2.75) is 59.2 Å². The lowest BCUT2D eigenvalue weighted by molar-refractivity contribution is -0.142. The first kappa shape index (κ1) is 28.4. The maximum atomic E-state index is 12.7. The van der Waals surface area contributed by atoms with Gasteiger partial charge in [-0.3, -0.25) is 4.79 Å². The van der Waals surface area contributed by atoms with Gasteiger partial charge in [-0.2, -0.15) is 0 Å². The summed E-state index contributed by atoms with van der Waals surface area (Å²) in [5, 5.41) is 14.1. The minimum atomic E-state index is -3.94. The van der Waals surface area contributed by atoms with Crippen molar-refractivity contribution in [3.8, 4) is 0 Å².